The van der Waals surface area contributed by atoms with Gasteiger partial charge in [-0.2, -0.15) is 0 Å². The van der Waals surface area contributed by atoms with Crippen molar-refractivity contribution in [3.05, 3.63) is 23.0 Å². The van der Waals surface area contributed by atoms with Crippen LogP contribution >= 0.6 is 0 Å². The van der Waals surface area contributed by atoms with Crippen LogP contribution in [-0.2, 0) is 6.54 Å². The van der Waals surface area contributed by atoms with Crippen molar-refractivity contribution < 1.29 is 23.8 Å². The second-order valence-electron chi connectivity index (χ2n) is 2.70. The first kappa shape index (κ1) is 11.3. The quantitative estimate of drug-likeness (QED) is 0.699. The third-order valence-corrected chi connectivity index (χ3v) is 1.74. The smallest absolute Gasteiger partial charge is 0.354 e. The summed E-state index contributed by atoms with van der Waals surface area (Å²) < 4.78 is 24.7. The van der Waals surface area contributed by atoms with Gasteiger partial charge in [-0.3, -0.25) is 0 Å². The molecule has 5 nitrogen and oxygen atoms in total. The molecule has 0 saturated heterocycles. The molecule has 1 rings (SSSR count). The number of rotatable bonds is 3. The predicted molar refractivity (Wildman–Crippen MR) is 45.7 cm³/mol. The van der Waals surface area contributed by atoms with Crippen LogP contribution in [0.15, 0.2) is 6.07 Å². The maximum Gasteiger partial charge on any atom is 0.354 e. The van der Waals surface area contributed by atoms with Gasteiger partial charge in [0, 0.05) is 6.54 Å². The zero-order chi connectivity index (χ0) is 11.6. The molecule has 1 aromatic heterocycles. The summed E-state index contributed by atoms with van der Waals surface area (Å²) in [6.07, 6.45) is -2.98. The van der Waals surface area contributed by atoms with Crippen molar-refractivity contribution in [2.24, 2.45) is 5.73 Å². The van der Waals surface area contributed by atoms with Crippen LogP contribution in [-0.4, -0.2) is 21.2 Å². The van der Waals surface area contributed by atoms with Crippen molar-refractivity contribution >= 4 is 5.97 Å². The number of hydrogen-bond donors (Lipinski definition) is 3. The molecule has 0 aliphatic carbocycles. The maximum atomic E-state index is 12.4. The standard InChI is InChI=1S/C8H8F2N2O3/c9-7(10)3-1-4(8(14)15)12-5(2-11)6(3)13/h1,7,13H,2,11H2,(H,14,15). The van der Waals surface area contributed by atoms with E-state index in [2.05, 4.69) is 4.98 Å². The van der Waals surface area contributed by atoms with E-state index in [9.17, 15) is 18.7 Å². The molecule has 0 spiro atoms. The number of hydrogen-bond acceptors (Lipinski definition) is 4. The first-order valence-corrected chi connectivity index (χ1v) is 3.91. The second kappa shape index (κ2) is 4.18. The molecule has 0 aromatic carbocycles. The predicted octanol–water partition coefficient (Wildman–Crippen LogP) is 0.882. The van der Waals surface area contributed by atoms with Gasteiger partial charge < -0.3 is 15.9 Å². The van der Waals surface area contributed by atoms with Gasteiger partial charge >= 0.3 is 5.97 Å². The molecule has 15 heavy (non-hydrogen) atoms. The summed E-state index contributed by atoms with van der Waals surface area (Å²) in [5.74, 6) is -2.20. The van der Waals surface area contributed by atoms with Crippen LogP contribution in [0.1, 0.15) is 28.2 Å². The summed E-state index contributed by atoms with van der Waals surface area (Å²) >= 11 is 0. The molecule has 0 bridgehead atoms. The Hall–Kier alpha value is -1.76. The Balaban J connectivity index is 3.38. The molecule has 0 amide bonds. The average Bonchev–Trinajstić information content (AvgIpc) is 2.17. The van der Waals surface area contributed by atoms with Gasteiger partial charge in [-0.15, -0.1) is 0 Å². The van der Waals surface area contributed by atoms with Crippen molar-refractivity contribution in [2.45, 2.75) is 13.0 Å². The summed E-state index contributed by atoms with van der Waals surface area (Å²) in [5, 5.41) is 17.8. The van der Waals surface area contributed by atoms with Gasteiger partial charge in [0.2, 0.25) is 0 Å². The molecule has 0 atom stereocenters. The molecule has 0 aliphatic rings. The molecule has 0 fully saturated rings. The fourth-order valence-corrected chi connectivity index (χ4v) is 1.03. The number of alkyl halides is 2. The number of pyridine rings is 1. The highest BCUT2D eigenvalue weighted by Crippen LogP contribution is 2.30. The number of carboxylic acids is 1. The van der Waals surface area contributed by atoms with E-state index in [0.29, 0.717) is 6.07 Å². The van der Waals surface area contributed by atoms with Crippen LogP contribution in [0.2, 0.25) is 0 Å². The zero-order valence-corrected chi connectivity index (χ0v) is 7.44. The molecule has 82 valence electrons. The van der Waals surface area contributed by atoms with E-state index in [1.54, 1.807) is 0 Å². The number of carboxylic acid groups (broad SMARTS) is 1. The van der Waals surface area contributed by atoms with Crippen molar-refractivity contribution in [3.8, 4) is 5.75 Å². The van der Waals surface area contributed by atoms with Crippen LogP contribution in [0.25, 0.3) is 0 Å². The molecular formula is C8H8F2N2O3. The van der Waals surface area contributed by atoms with Gasteiger partial charge in [0.15, 0.2) is 0 Å². The van der Waals surface area contributed by atoms with Crippen molar-refractivity contribution in [1.82, 2.24) is 4.98 Å². The van der Waals surface area contributed by atoms with E-state index in [1.807, 2.05) is 0 Å². The molecule has 0 radical (unpaired) electrons. The summed E-state index contributed by atoms with van der Waals surface area (Å²) in [5.41, 5.74) is 3.53. The molecule has 0 saturated carbocycles. The molecule has 4 N–H and O–H groups in total. The lowest BCUT2D eigenvalue weighted by Gasteiger charge is -2.08. The van der Waals surface area contributed by atoms with E-state index < -0.39 is 29.4 Å². The summed E-state index contributed by atoms with van der Waals surface area (Å²) in [6, 6.07) is 0.626. The number of nitrogens with zero attached hydrogens (tertiary/aromatic N) is 1. The van der Waals surface area contributed by atoms with E-state index in [-0.39, 0.29) is 12.2 Å². The Bertz CT molecular complexity index is 396. The highest BCUT2D eigenvalue weighted by Gasteiger charge is 2.20. The van der Waals surface area contributed by atoms with Gasteiger partial charge in [-0.25, -0.2) is 18.6 Å². The summed E-state index contributed by atoms with van der Waals surface area (Å²) in [7, 11) is 0. The topological polar surface area (TPSA) is 96.4 Å². The van der Waals surface area contributed by atoms with Crippen molar-refractivity contribution in [2.75, 3.05) is 0 Å². The second-order valence-corrected chi connectivity index (χ2v) is 2.70. The van der Waals surface area contributed by atoms with Gasteiger partial charge in [-0.05, 0) is 6.07 Å². The third kappa shape index (κ3) is 2.18. The zero-order valence-electron chi connectivity index (χ0n) is 7.44. The largest absolute Gasteiger partial charge is 0.505 e. The van der Waals surface area contributed by atoms with Gasteiger partial charge in [0.05, 0.1) is 11.3 Å². The lowest BCUT2D eigenvalue weighted by Crippen LogP contribution is -2.09. The molecular weight excluding hydrogens is 210 g/mol. The van der Waals surface area contributed by atoms with Crippen molar-refractivity contribution in [1.29, 1.82) is 0 Å². The first-order valence-electron chi connectivity index (χ1n) is 3.91. The highest BCUT2D eigenvalue weighted by molar-refractivity contribution is 5.85. The normalized spacial score (nSPS) is 10.7. The number of aromatic nitrogens is 1. The number of aromatic hydroxyl groups is 1. The lowest BCUT2D eigenvalue weighted by atomic mass is 10.1. The molecule has 1 heterocycles. The minimum absolute atomic E-state index is 0.259. The minimum atomic E-state index is -2.98. The number of aromatic carboxylic acids is 1. The van der Waals surface area contributed by atoms with Gasteiger partial charge in [-0.1, -0.05) is 0 Å². The van der Waals surface area contributed by atoms with Crippen LogP contribution in [0.3, 0.4) is 0 Å². The third-order valence-electron chi connectivity index (χ3n) is 1.74. The Morgan fingerprint density at radius 1 is 1.60 bits per heavy atom. The highest BCUT2D eigenvalue weighted by atomic mass is 19.3. The SMILES string of the molecule is NCc1nc(C(=O)O)cc(C(F)F)c1O. The Labute approximate surface area is 83.2 Å². The fraction of sp³-hybridized carbons (Fsp3) is 0.250. The van der Waals surface area contributed by atoms with Crippen LogP contribution in [0.5, 0.6) is 5.75 Å². The maximum absolute atomic E-state index is 12.4. The fourth-order valence-electron chi connectivity index (χ4n) is 1.03. The van der Waals surface area contributed by atoms with Gasteiger partial charge in [0.1, 0.15) is 11.4 Å². The number of halogens is 2. The van der Waals surface area contributed by atoms with Crippen LogP contribution in [0, 0.1) is 0 Å². The Morgan fingerprint density at radius 2 is 2.20 bits per heavy atom. The van der Waals surface area contributed by atoms with Gasteiger partial charge in [0.25, 0.3) is 6.43 Å². The van der Waals surface area contributed by atoms with E-state index in [0.717, 1.165) is 0 Å². The number of carbonyl (C=O) groups is 1. The van der Waals surface area contributed by atoms with Crippen LogP contribution < -0.4 is 5.73 Å². The number of nitrogens with two attached hydrogens (primary N) is 1. The Kier molecular flexibility index (Phi) is 3.15. The average molecular weight is 218 g/mol. The van der Waals surface area contributed by atoms with E-state index in [1.165, 1.54) is 0 Å². The first-order chi connectivity index (χ1) is 6.97. The molecule has 0 unspecified atom stereocenters. The van der Waals surface area contributed by atoms with E-state index >= 15 is 0 Å². The molecule has 0 aliphatic heterocycles. The van der Waals surface area contributed by atoms with Crippen molar-refractivity contribution in [3.63, 3.8) is 0 Å². The van der Waals surface area contributed by atoms with E-state index in [4.69, 9.17) is 10.8 Å². The molecule has 7 heteroatoms. The lowest BCUT2D eigenvalue weighted by molar-refractivity contribution is 0.0689. The monoisotopic (exact) mass is 218 g/mol. The summed E-state index contributed by atoms with van der Waals surface area (Å²) in [4.78, 5) is 14.0. The minimum Gasteiger partial charge on any atom is -0.505 e. The Morgan fingerprint density at radius 3 is 2.60 bits per heavy atom. The van der Waals surface area contributed by atoms with Crippen LogP contribution in [0.4, 0.5) is 8.78 Å². The molecule has 1 aromatic rings. The summed E-state index contributed by atoms with van der Waals surface area (Å²) in [6.45, 7) is -0.313.